The van der Waals surface area contributed by atoms with E-state index < -0.39 is 0 Å². The zero-order valence-corrected chi connectivity index (χ0v) is 12.1. The van der Waals surface area contributed by atoms with Crippen LogP contribution in [-0.2, 0) is 0 Å². The van der Waals surface area contributed by atoms with Crippen molar-refractivity contribution >= 4 is 27.3 Å². The molecule has 2 aromatic carbocycles. The standard InChI is InChI=1S/C15H13BrN2O/c1-2-19-12-8-6-11(7-9-12)18-15-5-3-4-14(16)13(15)10-17/h3-9,18H,2H2,1H3. The van der Waals surface area contributed by atoms with Crippen LogP contribution in [-0.4, -0.2) is 6.61 Å². The van der Waals surface area contributed by atoms with Crippen molar-refractivity contribution in [2.45, 2.75) is 6.92 Å². The number of anilines is 2. The van der Waals surface area contributed by atoms with E-state index in [0.717, 1.165) is 21.6 Å². The number of hydrogen-bond donors (Lipinski definition) is 1. The molecular formula is C15H13BrN2O. The van der Waals surface area contributed by atoms with Gasteiger partial charge in [0.25, 0.3) is 0 Å². The SMILES string of the molecule is CCOc1ccc(Nc2cccc(Br)c2C#N)cc1. The average Bonchev–Trinajstić information content (AvgIpc) is 2.42. The van der Waals surface area contributed by atoms with E-state index in [1.165, 1.54) is 0 Å². The first-order valence-corrected chi connectivity index (χ1v) is 6.72. The van der Waals surface area contributed by atoms with Crippen LogP contribution in [0, 0.1) is 11.3 Å². The number of halogens is 1. The summed E-state index contributed by atoms with van der Waals surface area (Å²) >= 11 is 3.37. The van der Waals surface area contributed by atoms with Gasteiger partial charge in [0.05, 0.1) is 17.9 Å². The minimum Gasteiger partial charge on any atom is -0.494 e. The van der Waals surface area contributed by atoms with Gasteiger partial charge in [-0.15, -0.1) is 0 Å². The number of hydrogen-bond acceptors (Lipinski definition) is 3. The minimum absolute atomic E-state index is 0.594. The number of nitrogens with zero attached hydrogens (tertiary/aromatic N) is 1. The van der Waals surface area contributed by atoms with Gasteiger partial charge < -0.3 is 10.1 Å². The lowest BCUT2D eigenvalue weighted by Gasteiger charge is -2.10. The first kappa shape index (κ1) is 13.4. The summed E-state index contributed by atoms with van der Waals surface area (Å²) in [5.41, 5.74) is 2.29. The molecule has 0 saturated heterocycles. The molecule has 19 heavy (non-hydrogen) atoms. The van der Waals surface area contributed by atoms with E-state index in [1.807, 2.05) is 49.4 Å². The molecule has 96 valence electrons. The summed E-state index contributed by atoms with van der Waals surface area (Å²) in [6.07, 6.45) is 0. The van der Waals surface area contributed by atoms with Crippen LogP contribution in [0.5, 0.6) is 5.75 Å². The van der Waals surface area contributed by atoms with Gasteiger partial charge in [0.2, 0.25) is 0 Å². The number of nitriles is 1. The van der Waals surface area contributed by atoms with Crippen molar-refractivity contribution in [2.24, 2.45) is 0 Å². The molecule has 0 aromatic heterocycles. The van der Waals surface area contributed by atoms with Crippen LogP contribution >= 0.6 is 15.9 Å². The second kappa shape index (κ2) is 6.26. The molecule has 0 saturated carbocycles. The summed E-state index contributed by atoms with van der Waals surface area (Å²) < 4.78 is 6.17. The van der Waals surface area contributed by atoms with Crippen molar-refractivity contribution in [3.05, 3.63) is 52.5 Å². The van der Waals surface area contributed by atoms with Crippen molar-refractivity contribution < 1.29 is 4.74 Å². The Hall–Kier alpha value is -1.99. The second-order valence-corrected chi connectivity index (χ2v) is 4.71. The van der Waals surface area contributed by atoms with Gasteiger partial charge >= 0.3 is 0 Å². The predicted octanol–water partition coefficient (Wildman–Crippen LogP) is 4.46. The zero-order chi connectivity index (χ0) is 13.7. The quantitative estimate of drug-likeness (QED) is 0.905. The molecule has 0 aliphatic carbocycles. The first-order valence-electron chi connectivity index (χ1n) is 5.93. The van der Waals surface area contributed by atoms with Gasteiger partial charge in [0, 0.05) is 10.2 Å². The molecule has 2 rings (SSSR count). The van der Waals surface area contributed by atoms with Crippen LogP contribution in [0.4, 0.5) is 11.4 Å². The van der Waals surface area contributed by atoms with Crippen molar-refractivity contribution in [3.63, 3.8) is 0 Å². The van der Waals surface area contributed by atoms with Crippen molar-refractivity contribution in [3.8, 4) is 11.8 Å². The molecule has 0 radical (unpaired) electrons. The third-order valence-electron chi connectivity index (χ3n) is 2.57. The summed E-state index contributed by atoms with van der Waals surface area (Å²) in [7, 11) is 0. The Balaban J connectivity index is 2.22. The molecule has 1 N–H and O–H groups in total. The fourth-order valence-corrected chi connectivity index (χ4v) is 2.15. The zero-order valence-electron chi connectivity index (χ0n) is 10.5. The van der Waals surface area contributed by atoms with Crippen LogP contribution in [0.2, 0.25) is 0 Å². The van der Waals surface area contributed by atoms with Gasteiger partial charge in [-0.2, -0.15) is 5.26 Å². The highest BCUT2D eigenvalue weighted by molar-refractivity contribution is 9.10. The molecular weight excluding hydrogens is 304 g/mol. The maximum absolute atomic E-state index is 9.15. The fourth-order valence-electron chi connectivity index (χ4n) is 1.70. The third kappa shape index (κ3) is 3.27. The van der Waals surface area contributed by atoms with Crippen LogP contribution in [0.15, 0.2) is 46.9 Å². The van der Waals surface area contributed by atoms with E-state index in [0.29, 0.717) is 12.2 Å². The fraction of sp³-hybridized carbons (Fsp3) is 0.133. The van der Waals surface area contributed by atoms with Crippen molar-refractivity contribution in [2.75, 3.05) is 11.9 Å². The summed E-state index contributed by atoms with van der Waals surface area (Å²) in [5, 5.41) is 12.4. The maximum atomic E-state index is 9.15. The molecule has 4 heteroatoms. The number of rotatable bonds is 4. The molecule has 0 bridgehead atoms. The minimum atomic E-state index is 0.594. The highest BCUT2D eigenvalue weighted by Crippen LogP contribution is 2.27. The summed E-state index contributed by atoms with van der Waals surface area (Å²) in [5.74, 6) is 0.836. The van der Waals surface area contributed by atoms with Crippen LogP contribution in [0.1, 0.15) is 12.5 Å². The number of benzene rings is 2. The Morgan fingerprint density at radius 1 is 1.21 bits per heavy atom. The van der Waals surface area contributed by atoms with Gasteiger partial charge in [-0.05, 0) is 59.3 Å². The van der Waals surface area contributed by atoms with E-state index in [2.05, 4.69) is 27.3 Å². The lowest BCUT2D eigenvalue weighted by Crippen LogP contribution is -1.95. The van der Waals surface area contributed by atoms with E-state index in [-0.39, 0.29) is 0 Å². The second-order valence-electron chi connectivity index (χ2n) is 3.86. The van der Waals surface area contributed by atoms with Crippen molar-refractivity contribution in [1.29, 1.82) is 5.26 Å². The van der Waals surface area contributed by atoms with Gasteiger partial charge in [0.15, 0.2) is 0 Å². The van der Waals surface area contributed by atoms with E-state index >= 15 is 0 Å². The Kier molecular flexibility index (Phi) is 4.43. The predicted molar refractivity (Wildman–Crippen MR) is 79.8 cm³/mol. The van der Waals surface area contributed by atoms with E-state index in [1.54, 1.807) is 0 Å². The van der Waals surface area contributed by atoms with Gasteiger partial charge in [-0.3, -0.25) is 0 Å². The summed E-state index contributed by atoms with van der Waals surface area (Å²) in [6.45, 7) is 2.60. The highest BCUT2D eigenvalue weighted by Gasteiger charge is 2.06. The molecule has 0 aliphatic heterocycles. The molecule has 2 aromatic rings. The monoisotopic (exact) mass is 316 g/mol. The highest BCUT2D eigenvalue weighted by atomic mass is 79.9. The molecule has 0 spiro atoms. The molecule has 0 atom stereocenters. The smallest absolute Gasteiger partial charge is 0.119 e. The van der Waals surface area contributed by atoms with E-state index in [4.69, 9.17) is 10.00 Å². The molecule has 0 unspecified atom stereocenters. The maximum Gasteiger partial charge on any atom is 0.119 e. The molecule has 0 fully saturated rings. The first-order chi connectivity index (χ1) is 9.24. The van der Waals surface area contributed by atoms with Crippen LogP contribution in [0.25, 0.3) is 0 Å². The van der Waals surface area contributed by atoms with Gasteiger partial charge in [-0.25, -0.2) is 0 Å². The topological polar surface area (TPSA) is 45.0 Å². The summed E-state index contributed by atoms with van der Waals surface area (Å²) in [4.78, 5) is 0. The van der Waals surface area contributed by atoms with E-state index in [9.17, 15) is 0 Å². The molecule has 3 nitrogen and oxygen atoms in total. The summed E-state index contributed by atoms with van der Waals surface area (Å²) in [6, 6.07) is 15.4. The molecule has 0 amide bonds. The number of ether oxygens (including phenoxy) is 1. The lowest BCUT2D eigenvalue weighted by atomic mass is 10.2. The van der Waals surface area contributed by atoms with Crippen LogP contribution < -0.4 is 10.1 Å². The van der Waals surface area contributed by atoms with Gasteiger partial charge in [-0.1, -0.05) is 6.07 Å². The Labute approximate surface area is 121 Å². The largest absolute Gasteiger partial charge is 0.494 e. The van der Waals surface area contributed by atoms with Gasteiger partial charge in [0.1, 0.15) is 11.8 Å². The molecule has 0 heterocycles. The van der Waals surface area contributed by atoms with Crippen LogP contribution in [0.3, 0.4) is 0 Å². The Bertz CT molecular complexity index is 603. The average molecular weight is 317 g/mol. The Morgan fingerprint density at radius 3 is 2.58 bits per heavy atom. The van der Waals surface area contributed by atoms with Crippen molar-refractivity contribution in [1.82, 2.24) is 0 Å². The third-order valence-corrected chi connectivity index (χ3v) is 3.23. The normalized spacial score (nSPS) is 9.74. The Morgan fingerprint density at radius 2 is 1.95 bits per heavy atom. The lowest BCUT2D eigenvalue weighted by molar-refractivity contribution is 0.340. The molecule has 0 aliphatic rings. The number of nitrogens with one attached hydrogen (secondary N) is 1.